The van der Waals surface area contributed by atoms with E-state index in [-0.39, 0.29) is 12.3 Å². The molecule has 2 aromatic rings. The van der Waals surface area contributed by atoms with Crippen molar-refractivity contribution >= 4 is 63.1 Å². The first kappa shape index (κ1) is 21.2. The summed E-state index contributed by atoms with van der Waals surface area (Å²) in [5.74, 6) is -1.43. The van der Waals surface area contributed by atoms with Gasteiger partial charge in [-0.15, -0.1) is 0 Å². The summed E-state index contributed by atoms with van der Waals surface area (Å²) in [6.45, 7) is -0.473. The van der Waals surface area contributed by atoms with E-state index in [1.807, 2.05) is 0 Å². The highest BCUT2D eigenvalue weighted by Crippen LogP contribution is 2.29. The number of carbonyl (C=O) groups is 3. The summed E-state index contributed by atoms with van der Waals surface area (Å²) < 4.78 is 6.38. The maximum Gasteiger partial charge on any atom is 0.329 e. The third-order valence-electron chi connectivity index (χ3n) is 3.92. The molecule has 0 bridgehead atoms. The predicted molar refractivity (Wildman–Crippen MR) is 111 cm³/mol. The minimum atomic E-state index is -1.28. The number of imide groups is 1. The van der Waals surface area contributed by atoms with Crippen molar-refractivity contribution < 1.29 is 24.2 Å². The second-order valence-electron chi connectivity index (χ2n) is 5.99. The molecule has 0 atom stereocenters. The highest BCUT2D eigenvalue weighted by atomic mass is 79.9. The topological polar surface area (TPSA) is 95.9 Å². The van der Waals surface area contributed by atoms with Gasteiger partial charge in [-0.25, -0.2) is 9.69 Å². The van der Waals surface area contributed by atoms with E-state index in [2.05, 4.69) is 21.2 Å². The van der Waals surface area contributed by atoms with Crippen molar-refractivity contribution in [3.63, 3.8) is 0 Å². The molecule has 10 heteroatoms. The number of carbonyl (C=O) groups excluding carboxylic acids is 2. The highest BCUT2D eigenvalue weighted by molar-refractivity contribution is 9.10. The standard InChI is InChI=1S/C19H13BrCl2N2O5/c20-13-5-10(6-15-18(27)24(8-17(25)26)19(28)23-15)1-4-16(13)29-9-11-2-3-12(21)7-14(11)22/h1-7H,8-9H2,(H,23,28)(H,25,26)/b15-6+. The molecule has 2 N–H and O–H groups in total. The number of nitrogens with zero attached hydrogens (tertiary/aromatic N) is 1. The van der Waals surface area contributed by atoms with E-state index in [1.165, 1.54) is 6.08 Å². The van der Waals surface area contributed by atoms with E-state index in [0.29, 0.717) is 30.7 Å². The lowest BCUT2D eigenvalue weighted by Crippen LogP contribution is -2.35. The van der Waals surface area contributed by atoms with Crippen LogP contribution in [0.25, 0.3) is 6.08 Å². The fraction of sp³-hybridized carbons (Fsp3) is 0.105. The van der Waals surface area contributed by atoms with Gasteiger partial charge in [-0.05, 0) is 51.8 Å². The third-order valence-corrected chi connectivity index (χ3v) is 5.13. The molecule has 0 aromatic heterocycles. The van der Waals surface area contributed by atoms with Crippen molar-refractivity contribution in [2.75, 3.05) is 6.54 Å². The Morgan fingerprint density at radius 1 is 1.21 bits per heavy atom. The fourth-order valence-electron chi connectivity index (χ4n) is 2.54. The van der Waals surface area contributed by atoms with Crippen molar-refractivity contribution in [1.82, 2.24) is 10.2 Å². The number of carboxylic acid groups (broad SMARTS) is 1. The van der Waals surface area contributed by atoms with Gasteiger partial charge in [-0.2, -0.15) is 0 Å². The van der Waals surface area contributed by atoms with Crippen LogP contribution in [0.15, 0.2) is 46.6 Å². The molecule has 0 saturated carbocycles. The van der Waals surface area contributed by atoms with Crippen LogP contribution in [-0.4, -0.2) is 34.5 Å². The first-order valence-electron chi connectivity index (χ1n) is 8.17. The molecule has 2 aromatic carbocycles. The SMILES string of the molecule is O=C(O)CN1C(=O)N/C(=C/c2ccc(OCc3ccc(Cl)cc3Cl)c(Br)c2)C1=O. The quantitative estimate of drug-likeness (QED) is 0.456. The monoisotopic (exact) mass is 498 g/mol. The first-order valence-corrected chi connectivity index (χ1v) is 9.72. The van der Waals surface area contributed by atoms with Gasteiger partial charge in [0.05, 0.1) is 4.47 Å². The molecule has 0 spiro atoms. The Labute approximate surface area is 184 Å². The van der Waals surface area contributed by atoms with Gasteiger partial charge in [-0.1, -0.05) is 35.3 Å². The maximum atomic E-state index is 12.2. The van der Waals surface area contributed by atoms with Crippen molar-refractivity contribution in [2.45, 2.75) is 6.61 Å². The zero-order valence-corrected chi connectivity index (χ0v) is 17.7. The lowest BCUT2D eigenvalue weighted by atomic mass is 10.2. The zero-order valence-electron chi connectivity index (χ0n) is 14.6. The maximum absolute atomic E-state index is 12.2. The van der Waals surface area contributed by atoms with E-state index < -0.39 is 24.5 Å². The zero-order chi connectivity index (χ0) is 21.1. The van der Waals surface area contributed by atoms with Crippen LogP contribution in [-0.2, 0) is 16.2 Å². The van der Waals surface area contributed by atoms with Gasteiger partial charge >= 0.3 is 12.0 Å². The van der Waals surface area contributed by atoms with Crippen LogP contribution >= 0.6 is 39.1 Å². The molecule has 1 aliphatic rings. The van der Waals surface area contributed by atoms with Crippen molar-refractivity contribution in [3.05, 3.63) is 67.7 Å². The lowest BCUT2D eigenvalue weighted by Gasteiger charge is -2.10. The number of hydrogen-bond donors (Lipinski definition) is 2. The number of amides is 3. The summed E-state index contributed by atoms with van der Waals surface area (Å²) in [4.78, 5) is 35.3. The minimum Gasteiger partial charge on any atom is -0.488 e. The fourth-order valence-corrected chi connectivity index (χ4v) is 3.51. The lowest BCUT2D eigenvalue weighted by molar-refractivity contribution is -0.140. The normalized spacial score (nSPS) is 15.0. The average Bonchev–Trinajstić information content (AvgIpc) is 2.89. The van der Waals surface area contributed by atoms with Gasteiger partial charge in [0.25, 0.3) is 5.91 Å². The van der Waals surface area contributed by atoms with Gasteiger partial charge in [0.15, 0.2) is 0 Å². The van der Waals surface area contributed by atoms with Gasteiger partial charge in [-0.3, -0.25) is 9.59 Å². The number of benzene rings is 2. The third kappa shape index (κ3) is 5.09. The Kier molecular flexibility index (Phi) is 6.46. The number of nitrogens with one attached hydrogen (secondary N) is 1. The Hall–Kier alpha value is -2.55. The van der Waals surface area contributed by atoms with Gasteiger partial charge < -0.3 is 15.2 Å². The number of ether oxygens (including phenoxy) is 1. The molecule has 1 fully saturated rings. The smallest absolute Gasteiger partial charge is 0.329 e. The van der Waals surface area contributed by atoms with E-state index in [1.54, 1.807) is 36.4 Å². The van der Waals surface area contributed by atoms with Crippen LogP contribution in [0, 0.1) is 0 Å². The number of rotatable bonds is 6. The molecule has 150 valence electrons. The molecule has 0 unspecified atom stereocenters. The van der Waals surface area contributed by atoms with E-state index in [0.717, 1.165) is 5.56 Å². The Morgan fingerprint density at radius 3 is 2.62 bits per heavy atom. The second-order valence-corrected chi connectivity index (χ2v) is 7.69. The van der Waals surface area contributed by atoms with Crippen molar-refractivity contribution in [1.29, 1.82) is 0 Å². The Balaban J connectivity index is 1.72. The largest absolute Gasteiger partial charge is 0.488 e. The van der Waals surface area contributed by atoms with Gasteiger partial charge in [0, 0.05) is 15.6 Å². The van der Waals surface area contributed by atoms with Crippen LogP contribution in [0.4, 0.5) is 4.79 Å². The molecular weight excluding hydrogens is 487 g/mol. The van der Waals surface area contributed by atoms with Crippen LogP contribution in [0.3, 0.4) is 0 Å². The van der Waals surface area contributed by atoms with Crippen molar-refractivity contribution in [2.24, 2.45) is 0 Å². The Bertz CT molecular complexity index is 1040. The molecule has 3 amide bonds. The molecule has 7 nitrogen and oxygen atoms in total. The van der Waals surface area contributed by atoms with Crippen LogP contribution in [0.5, 0.6) is 5.75 Å². The molecule has 29 heavy (non-hydrogen) atoms. The Morgan fingerprint density at radius 2 is 1.97 bits per heavy atom. The summed E-state index contributed by atoms with van der Waals surface area (Å²) in [6.07, 6.45) is 1.45. The van der Waals surface area contributed by atoms with Crippen molar-refractivity contribution in [3.8, 4) is 5.75 Å². The number of halogens is 3. The van der Waals surface area contributed by atoms with Crippen LogP contribution in [0.2, 0.25) is 10.0 Å². The van der Waals surface area contributed by atoms with Gasteiger partial charge in [0.1, 0.15) is 24.6 Å². The molecule has 0 radical (unpaired) electrons. The molecule has 1 saturated heterocycles. The average molecular weight is 500 g/mol. The molecule has 0 aliphatic carbocycles. The second kappa shape index (κ2) is 8.86. The molecule has 3 rings (SSSR count). The highest BCUT2D eigenvalue weighted by Gasteiger charge is 2.34. The number of aliphatic carboxylic acids is 1. The number of hydrogen-bond acceptors (Lipinski definition) is 4. The predicted octanol–water partition coefficient (Wildman–Crippen LogP) is 4.31. The molecular formula is C19H13BrCl2N2O5. The summed E-state index contributed by atoms with van der Waals surface area (Å²) in [7, 11) is 0. The number of carboxylic acids is 1. The van der Waals surface area contributed by atoms with E-state index >= 15 is 0 Å². The summed E-state index contributed by atoms with van der Waals surface area (Å²) in [6, 6.07) is 9.43. The summed E-state index contributed by atoms with van der Waals surface area (Å²) in [5.41, 5.74) is 1.37. The molecule has 1 heterocycles. The number of urea groups is 1. The minimum absolute atomic E-state index is 0.00948. The first-order chi connectivity index (χ1) is 13.7. The van der Waals surface area contributed by atoms with Crippen LogP contribution < -0.4 is 10.1 Å². The van der Waals surface area contributed by atoms with Gasteiger partial charge in [0.2, 0.25) is 0 Å². The summed E-state index contributed by atoms with van der Waals surface area (Å²) >= 11 is 15.4. The van der Waals surface area contributed by atoms with Crippen LogP contribution in [0.1, 0.15) is 11.1 Å². The van der Waals surface area contributed by atoms with E-state index in [9.17, 15) is 14.4 Å². The molecule has 1 aliphatic heterocycles. The summed E-state index contributed by atoms with van der Waals surface area (Å²) in [5, 5.41) is 12.2. The van der Waals surface area contributed by atoms with E-state index in [4.69, 9.17) is 33.0 Å².